The minimum absolute atomic E-state index is 0.0116. The summed E-state index contributed by atoms with van der Waals surface area (Å²) in [7, 11) is 0. The highest BCUT2D eigenvalue weighted by Gasteiger charge is 2.33. The molecule has 2 atom stereocenters. The van der Waals surface area contributed by atoms with Gasteiger partial charge < -0.3 is 10.4 Å². The number of benzene rings is 1. The van der Waals surface area contributed by atoms with Crippen molar-refractivity contribution in [2.45, 2.75) is 12.6 Å². The van der Waals surface area contributed by atoms with Gasteiger partial charge in [0.2, 0.25) is 0 Å². The van der Waals surface area contributed by atoms with Gasteiger partial charge in [-0.1, -0.05) is 18.2 Å². The average Bonchev–Trinajstić information content (AvgIpc) is 3.04. The van der Waals surface area contributed by atoms with Crippen LogP contribution in [-0.2, 0) is 6.54 Å². The summed E-state index contributed by atoms with van der Waals surface area (Å²) < 4.78 is 0. The van der Waals surface area contributed by atoms with E-state index in [-0.39, 0.29) is 24.5 Å². The fourth-order valence-corrected chi connectivity index (χ4v) is 3.20. The van der Waals surface area contributed by atoms with Crippen molar-refractivity contribution in [3.05, 3.63) is 65.5 Å². The molecule has 1 aliphatic heterocycles. The molecule has 1 saturated heterocycles. The molecule has 3 rings (SSSR count). The number of hydrogen-bond acceptors (Lipinski definition) is 5. The van der Waals surface area contributed by atoms with E-state index in [1.807, 2.05) is 18.2 Å². The van der Waals surface area contributed by atoms with Crippen LogP contribution in [0.3, 0.4) is 0 Å². The Morgan fingerprint density at radius 2 is 2.04 bits per heavy atom. The van der Waals surface area contributed by atoms with Crippen LogP contribution in [0.1, 0.15) is 21.5 Å². The van der Waals surface area contributed by atoms with Crippen molar-refractivity contribution in [3.8, 4) is 6.07 Å². The number of amides is 1. The predicted octanol–water partition coefficient (Wildman–Crippen LogP) is 1.18. The van der Waals surface area contributed by atoms with Gasteiger partial charge in [0.05, 0.1) is 11.6 Å². The molecule has 128 valence electrons. The standard InChI is InChI=1S/C19H20N4O2/c20-9-15-3-1-2-4-16(15)10-23-11-17(13-24)18(12-23)22-19(25)14-5-7-21-8-6-14/h1-8,17-18,24H,10-13H2,(H,22,25)/t17-,18+/m0/s1. The number of nitrogens with zero attached hydrogens (tertiary/aromatic N) is 3. The Hall–Kier alpha value is -2.75. The second-order valence-electron chi connectivity index (χ2n) is 6.22. The number of carbonyl (C=O) groups is 1. The smallest absolute Gasteiger partial charge is 0.251 e. The van der Waals surface area contributed by atoms with Crippen molar-refractivity contribution in [2.75, 3.05) is 19.7 Å². The van der Waals surface area contributed by atoms with Crippen LogP contribution in [0.2, 0.25) is 0 Å². The number of aliphatic hydroxyl groups excluding tert-OH is 1. The summed E-state index contributed by atoms with van der Waals surface area (Å²) in [5.74, 6) is -0.190. The largest absolute Gasteiger partial charge is 0.396 e. The Morgan fingerprint density at radius 3 is 2.76 bits per heavy atom. The number of rotatable bonds is 5. The first-order valence-electron chi connectivity index (χ1n) is 8.23. The van der Waals surface area contributed by atoms with Crippen molar-refractivity contribution in [3.63, 3.8) is 0 Å². The summed E-state index contributed by atoms with van der Waals surface area (Å²) >= 11 is 0. The van der Waals surface area contributed by atoms with Gasteiger partial charge in [0, 0.05) is 56.2 Å². The van der Waals surface area contributed by atoms with Gasteiger partial charge in [0.1, 0.15) is 0 Å². The molecular formula is C19H20N4O2. The molecule has 1 aromatic heterocycles. The van der Waals surface area contributed by atoms with Crippen molar-refractivity contribution in [1.82, 2.24) is 15.2 Å². The fraction of sp³-hybridized carbons (Fsp3) is 0.316. The molecule has 0 saturated carbocycles. The van der Waals surface area contributed by atoms with Gasteiger partial charge in [-0.2, -0.15) is 5.26 Å². The number of carbonyl (C=O) groups excluding carboxylic acids is 1. The van der Waals surface area contributed by atoms with Crippen LogP contribution < -0.4 is 5.32 Å². The summed E-state index contributed by atoms with van der Waals surface area (Å²) in [5, 5.41) is 21.9. The quantitative estimate of drug-likeness (QED) is 0.856. The minimum Gasteiger partial charge on any atom is -0.396 e. The molecule has 1 fully saturated rings. The van der Waals surface area contributed by atoms with Crippen LogP contribution in [0.25, 0.3) is 0 Å². The monoisotopic (exact) mass is 336 g/mol. The number of nitrogens with one attached hydrogen (secondary N) is 1. The summed E-state index contributed by atoms with van der Waals surface area (Å²) in [4.78, 5) is 18.4. The Kier molecular flexibility index (Phi) is 5.39. The Balaban J connectivity index is 1.66. The van der Waals surface area contributed by atoms with E-state index in [2.05, 4.69) is 21.3 Å². The second kappa shape index (κ2) is 7.88. The number of pyridine rings is 1. The van der Waals surface area contributed by atoms with Crippen molar-refractivity contribution >= 4 is 5.91 Å². The van der Waals surface area contributed by atoms with Crippen molar-refractivity contribution in [1.29, 1.82) is 5.26 Å². The molecule has 2 N–H and O–H groups in total. The third kappa shape index (κ3) is 4.02. The van der Waals surface area contributed by atoms with E-state index < -0.39 is 0 Å². The maximum atomic E-state index is 12.3. The number of likely N-dealkylation sites (tertiary alicyclic amines) is 1. The molecule has 2 aromatic rings. The molecule has 1 aliphatic rings. The second-order valence-corrected chi connectivity index (χ2v) is 6.22. The van der Waals surface area contributed by atoms with E-state index in [1.54, 1.807) is 30.6 Å². The minimum atomic E-state index is -0.162. The molecule has 2 heterocycles. The van der Waals surface area contributed by atoms with E-state index in [4.69, 9.17) is 0 Å². The molecule has 0 unspecified atom stereocenters. The average molecular weight is 336 g/mol. The van der Waals surface area contributed by atoms with E-state index in [0.717, 1.165) is 5.56 Å². The molecule has 6 nitrogen and oxygen atoms in total. The lowest BCUT2D eigenvalue weighted by atomic mass is 10.0. The van der Waals surface area contributed by atoms with Crippen LogP contribution in [-0.4, -0.2) is 46.6 Å². The summed E-state index contributed by atoms with van der Waals surface area (Å²) in [6, 6.07) is 12.9. The number of hydrogen-bond donors (Lipinski definition) is 2. The van der Waals surface area contributed by atoms with Gasteiger partial charge in [-0.15, -0.1) is 0 Å². The molecule has 25 heavy (non-hydrogen) atoms. The third-order valence-electron chi connectivity index (χ3n) is 4.54. The SMILES string of the molecule is N#Cc1ccccc1CN1C[C@@H](CO)[C@H](NC(=O)c2ccncc2)C1. The topological polar surface area (TPSA) is 89.3 Å². The van der Waals surface area contributed by atoms with Crippen molar-refractivity contribution < 1.29 is 9.90 Å². The highest BCUT2D eigenvalue weighted by atomic mass is 16.3. The molecule has 0 aliphatic carbocycles. The Bertz CT molecular complexity index is 772. The highest BCUT2D eigenvalue weighted by Crippen LogP contribution is 2.21. The summed E-state index contributed by atoms with van der Waals surface area (Å²) in [6.45, 7) is 1.96. The summed E-state index contributed by atoms with van der Waals surface area (Å²) in [6.07, 6.45) is 3.16. The van der Waals surface area contributed by atoms with Gasteiger partial charge in [-0.3, -0.25) is 14.7 Å². The Morgan fingerprint density at radius 1 is 1.28 bits per heavy atom. The highest BCUT2D eigenvalue weighted by molar-refractivity contribution is 5.94. The Labute approximate surface area is 146 Å². The van der Waals surface area contributed by atoms with Gasteiger partial charge in [0.25, 0.3) is 5.91 Å². The van der Waals surface area contributed by atoms with Crippen LogP contribution >= 0.6 is 0 Å². The molecule has 0 spiro atoms. The van der Waals surface area contributed by atoms with Crippen LogP contribution in [0, 0.1) is 17.2 Å². The first-order valence-corrected chi connectivity index (χ1v) is 8.23. The van der Waals surface area contributed by atoms with Crippen LogP contribution in [0.5, 0.6) is 0 Å². The van der Waals surface area contributed by atoms with Crippen LogP contribution in [0.4, 0.5) is 0 Å². The lowest BCUT2D eigenvalue weighted by Gasteiger charge is -2.18. The molecule has 0 bridgehead atoms. The number of aliphatic hydroxyl groups is 1. The normalized spacial score (nSPS) is 20.2. The fourth-order valence-electron chi connectivity index (χ4n) is 3.20. The molecule has 1 amide bonds. The molecule has 1 aromatic carbocycles. The maximum absolute atomic E-state index is 12.3. The first kappa shape index (κ1) is 17.1. The zero-order valence-corrected chi connectivity index (χ0v) is 13.8. The summed E-state index contributed by atoms with van der Waals surface area (Å²) in [5.41, 5.74) is 2.18. The molecule has 0 radical (unpaired) electrons. The number of nitriles is 1. The van der Waals surface area contributed by atoms with E-state index >= 15 is 0 Å². The van der Waals surface area contributed by atoms with Gasteiger partial charge in [-0.25, -0.2) is 0 Å². The third-order valence-corrected chi connectivity index (χ3v) is 4.54. The van der Waals surface area contributed by atoms with Gasteiger partial charge >= 0.3 is 0 Å². The molecule has 6 heteroatoms. The van der Waals surface area contributed by atoms with Crippen LogP contribution in [0.15, 0.2) is 48.8 Å². The lowest BCUT2D eigenvalue weighted by molar-refractivity contribution is 0.0921. The first-order chi connectivity index (χ1) is 12.2. The zero-order valence-electron chi connectivity index (χ0n) is 13.8. The van der Waals surface area contributed by atoms with E-state index in [1.165, 1.54) is 0 Å². The lowest BCUT2D eigenvalue weighted by Crippen LogP contribution is -2.41. The van der Waals surface area contributed by atoms with E-state index in [9.17, 15) is 15.2 Å². The predicted molar refractivity (Wildman–Crippen MR) is 92.5 cm³/mol. The molecular weight excluding hydrogens is 316 g/mol. The van der Waals surface area contributed by atoms with Gasteiger partial charge in [-0.05, 0) is 23.8 Å². The maximum Gasteiger partial charge on any atom is 0.251 e. The van der Waals surface area contributed by atoms with E-state index in [0.29, 0.717) is 30.8 Å². The van der Waals surface area contributed by atoms with Crippen molar-refractivity contribution in [2.24, 2.45) is 5.92 Å². The van der Waals surface area contributed by atoms with Gasteiger partial charge in [0.15, 0.2) is 0 Å². The number of aromatic nitrogens is 1. The zero-order chi connectivity index (χ0) is 17.6.